The molecule has 0 spiro atoms. The highest BCUT2D eigenvalue weighted by Gasteiger charge is 2.09. The summed E-state index contributed by atoms with van der Waals surface area (Å²) in [5.74, 6) is 0.381. The van der Waals surface area contributed by atoms with Gasteiger partial charge in [0.25, 0.3) is 0 Å². The number of aliphatic hydroxyl groups excluding tert-OH is 1. The zero-order valence-corrected chi connectivity index (χ0v) is 12.7. The van der Waals surface area contributed by atoms with Crippen molar-refractivity contribution >= 4 is 12.0 Å². The van der Waals surface area contributed by atoms with Gasteiger partial charge >= 0.3 is 5.97 Å². The highest BCUT2D eigenvalue weighted by molar-refractivity contribution is 5.81. The number of carbonyl (C=O) groups is 1. The number of hydrogen-bond donors (Lipinski definition) is 1. The van der Waals surface area contributed by atoms with Crippen LogP contribution in [0.1, 0.15) is 18.9 Å². The second-order valence-corrected chi connectivity index (χ2v) is 4.72. The van der Waals surface area contributed by atoms with Crippen LogP contribution in [0.25, 0.3) is 6.08 Å². The average molecular weight is 290 g/mol. The van der Waals surface area contributed by atoms with Gasteiger partial charge < -0.3 is 14.6 Å². The molecule has 1 aromatic rings. The van der Waals surface area contributed by atoms with Crippen molar-refractivity contribution in [3.63, 3.8) is 0 Å². The first kappa shape index (κ1) is 17.0. The van der Waals surface area contributed by atoms with Crippen LogP contribution in [0.4, 0.5) is 0 Å². The summed E-state index contributed by atoms with van der Waals surface area (Å²) in [5, 5.41) is 9.99. The fraction of sp³-hybridized carbons (Fsp3) is 0.353. The predicted molar refractivity (Wildman–Crippen MR) is 83.0 cm³/mol. The molecule has 0 saturated heterocycles. The molecule has 0 amide bonds. The molecule has 21 heavy (non-hydrogen) atoms. The van der Waals surface area contributed by atoms with E-state index in [9.17, 15) is 9.90 Å². The lowest BCUT2D eigenvalue weighted by Crippen LogP contribution is -2.14. The third kappa shape index (κ3) is 6.27. The summed E-state index contributed by atoms with van der Waals surface area (Å²) >= 11 is 0. The topological polar surface area (TPSA) is 55.8 Å². The molecule has 0 aliphatic heterocycles. The van der Waals surface area contributed by atoms with Gasteiger partial charge in [-0.3, -0.25) is 0 Å². The second kappa shape index (κ2) is 8.97. The molecule has 1 rings (SSSR count). The lowest BCUT2D eigenvalue weighted by molar-refractivity contribution is -0.134. The summed E-state index contributed by atoms with van der Waals surface area (Å²) in [4.78, 5) is 10.9. The first-order chi connectivity index (χ1) is 10.1. The van der Waals surface area contributed by atoms with Crippen LogP contribution in [0.15, 0.2) is 42.5 Å². The minimum atomic E-state index is -0.541. The Morgan fingerprint density at radius 3 is 2.52 bits per heavy atom. The molecule has 0 bridgehead atoms. The maximum Gasteiger partial charge on any atom is 0.330 e. The standard InChI is InChI=1S/C17H22O4/c1-13(16(18)5-4-6-17(19)21-3)7-8-14-9-11-15(20-2)12-10-14/h4,6-13,16,18H,5H2,1-3H3/b6-4+,8-7+/t13-,16+/m1/s1. The quantitative estimate of drug-likeness (QED) is 0.620. The van der Waals surface area contributed by atoms with Crippen molar-refractivity contribution < 1.29 is 19.4 Å². The predicted octanol–water partition coefficient (Wildman–Crippen LogP) is 2.82. The van der Waals surface area contributed by atoms with Crippen LogP contribution in [0.5, 0.6) is 5.75 Å². The molecule has 0 aliphatic rings. The van der Waals surface area contributed by atoms with E-state index in [1.165, 1.54) is 13.2 Å². The van der Waals surface area contributed by atoms with E-state index in [1.54, 1.807) is 13.2 Å². The number of ether oxygens (including phenoxy) is 2. The molecule has 0 unspecified atom stereocenters. The van der Waals surface area contributed by atoms with Crippen molar-refractivity contribution in [2.24, 2.45) is 5.92 Å². The van der Waals surface area contributed by atoms with Crippen molar-refractivity contribution in [3.8, 4) is 5.75 Å². The van der Waals surface area contributed by atoms with Gasteiger partial charge in [-0.15, -0.1) is 0 Å². The molecular formula is C17H22O4. The van der Waals surface area contributed by atoms with E-state index < -0.39 is 12.1 Å². The molecule has 114 valence electrons. The molecule has 0 radical (unpaired) electrons. The summed E-state index contributed by atoms with van der Waals surface area (Å²) in [7, 11) is 2.95. The lowest BCUT2D eigenvalue weighted by atomic mass is 10.00. The molecule has 0 saturated carbocycles. The maximum atomic E-state index is 10.9. The van der Waals surface area contributed by atoms with E-state index in [0.29, 0.717) is 6.42 Å². The van der Waals surface area contributed by atoms with Crippen molar-refractivity contribution in [2.45, 2.75) is 19.4 Å². The van der Waals surface area contributed by atoms with E-state index in [4.69, 9.17) is 4.74 Å². The van der Waals surface area contributed by atoms with Crippen LogP contribution < -0.4 is 4.74 Å². The second-order valence-electron chi connectivity index (χ2n) is 4.72. The highest BCUT2D eigenvalue weighted by Crippen LogP contribution is 2.15. The molecule has 4 heteroatoms. The Morgan fingerprint density at radius 1 is 1.29 bits per heavy atom. The maximum absolute atomic E-state index is 10.9. The number of hydrogen-bond acceptors (Lipinski definition) is 4. The Labute approximate surface area is 125 Å². The number of aliphatic hydroxyl groups is 1. The molecule has 2 atom stereocenters. The summed E-state index contributed by atoms with van der Waals surface area (Å²) < 4.78 is 9.58. The Morgan fingerprint density at radius 2 is 1.95 bits per heavy atom. The van der Waals surface area contributed by atoms with Gasteiger partial charge in [-0.05, 0) is 24.1 Å². The summed E-state index contributed by atoms with van der Waals surface area (Å²) in [6.07, 6.45) is 6.71. The van der Waals surface area contributed by atoms with Gasteiger partial charge in [0.05, 0.1) is 20.3 Å². The zero-order valence-electron chi connectivity index (χ0n) is 12.7. The van der Waals surface area contributed by atoms with Crippen LogP contribution >= 0.6 is 0 Å². The van der Waals surface area contributed by atoms with Crippen molar-refractivity contribution in [2.75, 3.05) is 14.2 Å². The summed E-state index contributed by atoms with van der Waals surface area (Å²) in [6.45, 7) is 1.93. The normalized spacial score (nSPS) is 14.3. The molecule has 0 aromatic heterocycles. The van der Waals surface area contributed by atoms with Gasteiger partial charge in [0.2, 0.25) is 0 Å². The lowest BCUT2D eigenvalue weighted by Gasteiger charge is -2.13. The van der Waals surface area contributed by atoms with Crippen molar-refractivity contribution in [1.29, 1.82) is 0 Å². The fourth-order valence-electron chi connectivity index (χ4n) is 1.69. The molecule has 0 aliphatic carbocycles. The Bertz CT molecular complexity index is 488. The SMILES string of the molecule is COC(=O)/C=C/C[C@H](O)[C@H](C)/C=C/c1ccc(OC)cc1. The van der Waals surface area contributed by atoms with Gasteiger partial charge in [0.1, 0.15) is 5.75 Å². The fourth-order valence-corrected chi connectivity index (χ4v) is 1.69. The highest BCUT2D eigenvalue weighted by atomic mass is 16.5. The number of esters is 1. The van der Waals surface area contributed by atoms with Gasteiger partial charge in [-0.2, -0.15) is 0 Å². The summed E-state index contributed by atoms with van der Waals surface area (Å²) in [6, 6.07) is 7.68. The Kier molecular flexibility index (Phi) is 7.26. The van der Waals surface area contributed by atoms with Crippen molar-refractivity contribution in [3.05, 3.63) is 48.1 Å². The zero-order chi connectivity index (χ0) is 15.7. The van der Waals surface area contributed by atoms with Crippen LogP contribution in [0.2, 0.25) is 0 Å². The first-order valence-corrected chi connectivity index (χ1v) is 6.81. The third-order valence-corrected chi connectivity index (χ3v) is 3.15. The molecule has 1 N–H and O–H groups in total. The smallest absolute Gasteiger partial charge is 0.330 e. The van der Waals surface area contributed by atoms with Gasteiger partial charge in [0, 0.05) is 12.0 Å². The molecule has 1 aromatic carbocycles. The molecule has 4 nitrogen and oxygen atoms in total. The van der Waals surface area contributed by atoms with E-state index in [2.05, 4.69) is 4.74 Å². The monoisotopic (exact) mass is 290 g/mol. The number of benzene rings is 1. The number of methoxy groups -OCH3 is 2. The van der Waals surface area contributed by atoms with Crippen LogP contribution in [0, 0.1) is 5.92 Å². The van der Waals surface area contributed by atoms with Crippen LogP contribution in [-0.2, 0) is 9.53 Å². The number of carbonyl (C=O) groups excluding carboxylic acids is 1. The van der Waals surface area contributed by atoms with E-state index >= 15 is 0 Å². The number of rotatable bonds is 7. The Hall–Kier alpha value is -2.07. The van der Waals surface area contributed by atoms with Crippen molar-refractivity contribution in [1.82, 2.24) is 0 Å². The largest absolute Gasteiger partial charge is 0.497 e. The van der Waals surface area contributed by atoms with Gasteiger partial charge in [-0.25, -0.2) is 4.79 Å². The van der Waals surface area contributed by atoms with E-state index in [0.717, 1.165) is 11.3 Å². The van der Waals surface area contributed by atoms with E-state index in [1.807, 2.05) is 43.3 Å². The average Bonchev–Trinajstić information content (AvgIpc) is 2.52. The third-order valence-electron chi connectivity index (χ3n) is 3.15. The Balaban J connectivity index is 2.50. The minimum Gasteiger partial charge on any atom is -0.497 e. The summed E-state index contributed by atoms with van der Waals surface area (Å²) in [5.41, 5.74) is 1.04. The van der Waals surface area contributed by atoms with E-state index in [-0.39, 0.29) is 5.92 Å². The van der Waals surface area contributed by atoms with Crippen LogP contribution in [-0.4, -0.2) is 31.4 Å². The van der Waals surface area contributed by atoms with Gasteiger partial charge in [0.15, 0.2) is 0 Å². The molecular weight excluding hydrogens is 268 g/mol. The minimum absolute atomic E-state index is 0.0191. The molecule has 0 fully saturated rings. The first-order valence-electron chi connectivity index (χ1n) is 6.81. The van der Waals surface area contributed by atoms with Crippen LogP contribution in [0.3, 0.4) is 0 Å². The molecule has 0 heterocycles. The van der Waals surface area contributed by atoms with Gasteiger partial charge in [-0.1, -0.05) is 37.3 Å².